The second kappa shape index (κ2) is 8.30. The topological polar surface area (TPSA) is 79.2 Å². The van der Waals surface area contributed by atoms with E-state index >= 15 is 0 Å². The summed E-state index contributed by atoms with van der Waals surface area (Å²) < 4.78 is 4.93. The number of hydrogen-bond donors (Lipinski definition) is 1. The van der Waals surface area contributed by atoms with Gasteiger partial charge in [-0.15, -0.1) is 0 Å². The number of hydrogen-bond acceptors (Lipinski definition) is 4. The Bertz CT molecular complexity index is 650. The first-order chi connectivity index (χ1) is 11.5. The Morgan fingerprint density at radius 1 is 1.25 bits per heavy atom. The molecule has 1 aromatic carbocycles. The van der Waals surface area contributed by atoms with Crippen molar-refractivity contribution in [3.63, 3.8) is 0 Å². The maximum atomic E-state index is 11.9. The van der Waals surface area contributed by atoms with Gasteiger partial charge in [-0.1, -0.05) is 49.1 Å². The van der Waals surface area contributed by atoms with Crippen LogP contribution in [0.5, 0.6) is 0 Å². The zero-order valence-electron chi connectivity index (χ0n) is 13.9. The second-order valence-corrected chi connectivity index (χ2v) is 6.15. The summed E-state index contributed by atoms with van der Waals surface area (Å²) in [6, 6.07) is 9.89. The highest BCUT2D eigenvalue weighted by Crippen LogP contribution is 2.27. The molecular weight excluding hydrogens is 304 g/mol. The number of nitrogens with zero attached hydrogens (tertiary/aromatic N) is 1. The third-order valence-electron chi connectivity index (χ3n) is 4.13. The number of amides is 1. The molecule has 24 heavy (non-hydrogen) atoms. The molecule has 1 N–H and O–H groups in total. The van der Waals surface area contributed by atoms with Crippen LogP contribution < -0.4 is 5.32 Å². The van der Waals surface area contributed by atoms with Gasteiger partial charge < -0.3 is 10.1 Å². The number of nitriles is 1. The Balaban J connectivity index is 1.79. The number of ether oxygens (including phenoxy) is 1. The van der Waals surface area contributed by atoms with E-state index in [0.29, 0.717) is 12.8 Å². The highest BCUT2D eigenvalue weighted by atomic mass is 16.5. The molecule has 5 nitrogen and oxygen atoms in total. The SMILES string of the molecule is Cc1ccc(/C=C/C(=O)OCC(=O)NC2(C#N)CCCCC2)cc1. The fourth-order valence-corrected chi connectivity index (χ4v) is 2.75. The predicted molar refractivity (Wildman–Crippen MR) is 90.7 cm³/mol. The minimum absolute atomic E-state index is 0.375. The first-order valence-electron chi connectivity index (χ1n) is 8.17. The molecule has 5 heteroatoms. The number of aryl methyl sites for hydroxylation is 1. The van der Waals surface area contributed by atoms with Crippen molar-refractivity contribution in [2.75, 3.05) is 6.61 Å². The second-order valence-electron chi connectivity index (χ2n) is 6.15. The first-order valence-corrected chi connectivity index (χ1v) is 8.17. The van der Waals surface area contributed by atoms with Crippen LogP contribution in [-0.4, -0.2) is 24.0 Å². The highest BCUT2D eigenvalue weighted by Gasteiger charge is 2.33. The predicted octanol–water partition coefficient (Wildman–Crippen LogP) is 2.89. The number of benzene rings is 1. The number of nitrogens with one attached hydrogen (secondary N) is 1. The molecule has 0 atom stereocenters. The van der Waals surface area contributed by atoms with E-state index in [4.69, 9.17) is 4.74 Å². The van der Waals surface area contributed by atoms with Crippen LogP contribution in [0.2, 0.25) is 0 Å². The van der Waals surface area contributed by atoms with E-state index in [-0.39, 0.29) is 6.61 Å². The molecule has 0 aromatic heterocycles. The molecule has 126 valence electrons. The Morgan fingerprint density at radius 3 is 2.54 bits per heavy atom. The summed E-state index contributed by atoms with van der Waals surface area (Å²) >= 11 is 0. The van der Waals surface area contributed by atoms with Crippen LogP contribution in [0, 0.1) is 18.3 Å². The van der Waals surface area contributed by atoms with E-state index in [1.54, 1.807) is 6.08 Å². The molecular formula is C19H22N2O3. The van der Waals surface area contributed by atoms with Crippen molar-refractivity contribution in [1.29, 1.82) is 5.26 Å². The quantitative estimate of drug-likeness (QED) is 0.666. The summed E-state index contributed by atoms with van der Waals surface area (Å²) in [5.74, 6) is -1.02. The van der Waals surface area contributed by atoms with Crippen molar-refractivity contribution in [3.8, 4) is 6.07 Å². The molecule has 1 amide bonds. The number of carbonyl (C=O) groups excluding carboxylic acids is 2. The third-order valence-corrected chi connectivity index (χ3v) is 4.13. The van der Waals surface area contributed by atoms with E-state index in [0.717, 1.165) is 30.4 Å². The Kier molecular flexibility index (Phi) is 6.14. The Hall–Kier alpha value is -2.61. The summed E-state index contributed by atoms with van der Waals surface area (Å²) in [4.78, 5) is 23.6. The van der Waals surface area contributed by atoms with Crippen LogP contribution in [0.25, 0.3) is 6.08 Å². The molecule has 0 unspecified atom stereocenters. The summed E-state index contributed by atoms with van der Waals surface area (Å²) in [5.41, 5.74) is 1.22. The largest absolute Gasteiger partial charge is 0.452 e. The molecule has 0 aliphatic heterocycles. The molecule has 0 saturated heterocycles. The maximum Gasteiger partial charge on any atom is 0.331 e. The van der Waals surface area contributed by atoms with Gasteiger partial charge in [0, 0.05) is 6.08 Å². The van der Waals surface area contributed by atoms with Gasteiger partial charge >= 0.3 is 5.97 Å². The molecule has 0 heterocycles. The molecule has 0 spiro atoms. The summed E-state index contributed by atoms with van der Waals surface area (Å²) in [6.45, 7) is 1.61. The van der Waals surface area contributed by atoms with Crippen LogP contribution >= 0.6 is 0 Å². The lowest BCUT2D eigenvalue weighted by Crippen LogP contribution is -2.49. The van der Waals surface area contributed by atoms with Gasteiger partial charge in [-0.2, -0.15) is 5.26 Å². The number of carbonyl (C=O) groups is 2. The van der Waals surface area contributed by atoms with Gasteiger partial charge in [0.1, 0.15) is 5.54 Å². The standard InChI is InChI=1S/C19H22N2O3/c1-15-5-7-16(8-6-15)9-10-18(23)24-13-17(22)21-19(14-20)11-3-2-4-12-19/h5-10H,2-4,11-13H2,1H3,(H,21,22)/b10-9+. The van der Waals surface area contributed by atoms with E-state index in [1.165, 1.54) is 6.08 Å². The van der Waals surface area contributed by atoms with Gasteiger partial charge in [-0.05, 0) is 31.4 Å². The molecule has 1 saturated carbocycles. The summed E-state index contributed by atoms with van der Waals surface area (Å²) in [7, 11) is 0. The van der Waals surface area contributed by atoms with E-state index in [1.807, 2.05) is 31.2 Å². The lowest BCUT2D eigenvalue weighted by Gasteiger charge is -2.31. The molecule has 2 rings (SSSR count). The highest BCUT2D eigenvalue weighted by molar-refractivity contribution is 5.89. The van der Waals surface area contributed by atoms with Crippen molar-refractivity contribution in [1.82, 2.24) is 5.32 Å². The monoisotopic (exact) mass is 326 g/mol. The Morgan fingerprint density at radius 2 is 1.92 bits per heavy atom. The molecule has 1 aliphatic rings. The normalized spacial score (nSPS) is 16.3. The lowest BCUT2D eigenvalue weighted by atomic mass is 9.83. The molecule has 1 aliphatic carbocycles. The van der Waals surface area contributed by atoms with Gasteiger partial charge in [-0.3, -0.25) is 4.79 Å². The van der Waals surface area contributed by atoms with E-state index < -0.39 is 17.4 Å². The van der Waals surface area contributed by atoms with Gasteiger partial charge in [0.25, 0.3) is 5.91 Å². The zero-order chi connectivity index (χ0) is 17.4. The fraction of sp³-hybridized carbons (Fsp3) is 0.421. The van der Waals surface area contributed by atoms with Crippen LogP contribution in [-0.2, 0) is 14.3 Å². The average Bonchev–Trinajstić information content (AvgIpc) is 2.60. The van der Waals surface area contributed by atoms with Gasteiger partial charge in [0.15, 0.2) is 6.61 Å². The molecule has 1 fully saturated rings. The van der Waals surface area contributed by atoms with Crippen LogP contribution in [0.4, 0.5) is 0 Å². The first kappa shape index (κ1) is 17.7. The van der Waals surface area contributed by atoms with Crippen LogP contribution in [0.3, 0.4) is 0 Å². The van der Waals surface area contributed by atoms with E-state index in [2.05, 4.69) is 11.4 Å². The van der Waals surface area contributed by atoms with Crippen LogP contribution in [0.1, 0.15) is 43.2 Å². The molecule has 0 radical (unpaired) electrons. The summed E-state index contributed by atoms with van der Waals surface area (Å²) in [6.07, 6.45) is 7.15. The minimum Gasteiger partial charge on any atom is -0.452 e. The number of rotatable bonds is 5. The van der Waals surface area contributed by atoms with E-state index in [9.17, 15) is 14.9 Å². The average molecular weight is 326 g/mol. The minimum atomic E-state index is -0.806. The van der Waals surface area contributed by atoms with Crippen molar-refractivity contribution in [2.24, 2.45) is 0 Å². The number of esters is 1. The molecule has 0 bridgehead atoms. The maximum absolute atomic E-state index is 11.9. The van der Waals surface area contributed by atoms with Crippen LogP contribution in [0.15, 0.2) is 30.3 Å². The van der Waals surface area contributed by atoms with Crippen molar-refractivity contribution < 1.29 is 14.3 Å². The van der Waals surface area contributed by atoms with Crippen molar-refractivity contribution >= 4 is 18.0 Å². The molecule has 1 aromatic rings. The third kappa shape index (κ3) is 5.24. The summed E-state index contributed by atoms with van der Waals surface area (Å²) in [5, 5.41) is 12.0. The van der Waals surface area contributed by atoms with Gasteiger partial charge in [0.2, 0.25) is 0 Å². The van der Waals surface area contributed by atoms with Crippen molar-refractivity contribution in [3.05, 3.63) is 41.5 Å². The lowest BCUT2D eigenvalue weighted by molar-refractivity contribution is -0.144. The van der Waals surface area contributed by atoms with Gasteiger partial charge in [-0.25, -0.2) is 4.79 Å². The fourth-order valence-electron chi connectivity index (χ4n) is 2.75. The zero-order valence-corrected chi connectivity index (χ0v) is 13.9. The van der Waals surface area contributed by atoms with Gasteiger partial charge in [0.05, 0.1) is 6.07 Å². The Labute approximate surface area is 142 Å². The smallest absolute Gasteiger partial charge is 0.331 e. The van der Waals surface area contributed by atoms with Crippen molar-refractivity contribution in [2.45, 2.75) is 44.6 Å².